The highest BCUT2D eigenvalue weighted by atomic mass is 16.2. The largest absolute Gasteiger partial charge is 0.312 e. The topological polar surface area (TPSA) is 40.6 Å². The zero-order chi connectivity index (χ0) is 18.8. The first-order valence-corrected chi connectivity index (χ1v) is 9.13. The number of carbonyl (C=O) groups excluding carboxylic acids is 2. The lowest BCUT2D eigenvalue weighted by atomic mass is 10.1. The molecule has 0 spiro atoms. The van der Waals surface area contributed by atoms with Gasteiger partial charge < -0.3 is 9.80 Å². The van der Waals surface area contributed by atoms with Crippen molar-refractivity contribution in [3.8, 4) is 0 Å². The summed E-state index contributed by atoms with van der Waals surface area (Å²) in [5, 5.41) is 0. The fraction of sp³-hybridized carbons (Fsp3) is 0.364. The Hall–Kier alpha value is -2.62. The third-order valence-electron chi connectivity index (χ3n) is 4.92. The summed E-state index contributed by atoms with van der Waals surface area (Å²) in [6.07, 6.45) is 1.20. The van der Waals surface area contributed by atoms with Crippen LogP contribution in [0.2, 0.25) is 0 Å². The van der Waals surface area contributed by atoms with Crippen LogP contribution in [0, 0.1) is 13.8 Å². The molecule has 1 atom stereocenters. The Balaban J connectivity index is 1.76. The standard InChI is InChI=1S/C22H26N2O2/c1-15-11-16(2)13-20(12-15)23(18(4)25)10-9-22(26)24-17(3)14-19-7-5-6-8-21(19)24/h5-8,11-13,17H,9-10,14H2,1-4H3. The van der Waals surface area contributed by atoms with E-state index in [2.05, 4.69) is 19.1 Å². The molecule has 1 heterocycles. The van der Waals surface area contributed by atoms with Crippen LogP contribution >= 0.6 is 0 Å². The molecule has 0 aromatic heterocycles. The number of anilines is 2. The van der Waals surface area contributed by atoms with Gasteiger partial charge in [0, 0.05) is 37.3 Å². The van der Waals surface area contributed by atoms with Gasteiger partial charge in [0.05, 0.1) is 0 Å². The summed E-state index contributed by atoms with van der Waals surface area (Å²) in [5.41, 5.74) is 5.30. The van der Waals surface area contributed by atoms with Crippen LogP contribution in [-0.4, -0.2) is 24.4 Å². The molecule has 2 aromatic rings. The third kappa shape index (κ3) is 3.64. The molecule has 0 saturated carbocycles. The molecule has 0 saturated heterocycles. The quantitative estimate of drug-likeness (QED) is 0.835. The molecule has 0 radical (unpaired) electrons. The zero-order valence-corrected chi connectivity index (χ0v) is 16.0. The first-order valence-electron chi connectivity index (χ1n) is 9.13. The molecular formula is C22H26N2O2. The Morgan fingerprint density at radius 1 is 1.12 bits per heavy atom. The Morgan fingerprint density at radius 2 is 1.77 bits per heavy atom. The third-order valence-corrected chi connectivity index (χ3v) is 4.92. The number of carbonyl (C=O) groups is 2. The van der Waals surface area contributed by atoms with Crippen molar-refractivity contribution < 1.29 is 9.59 Å². The van der Waals surface area contributed by atoms with E-state index < -0.39 is 0 Å². The molecule has 1 aliphatic rings. The molecule has 0 bridgehead atoms. The van der Waals surface area contributed by atoms with Crippen molar-refractivity contribution in [2.24, 2.45) is 0 Å². The Labute approximate surface area is 155 Å². The van der Waals surface area contributed by atoms with Gasteiger partial charge in [0.2, 0.25) is 11.8 Å². The second kappa shape index (κ2) is 7.32. The molecule has 2 aromatic carbocycles. The summed E-state index contributed by atoms with van der Waals surface area (Å²) in [4.78, 5) is 28.6. The van der Waals surface area contributed by atoms with Gasteiger partial charge in [-0.15, -0.1) is 0 Å². The minimum Gasteiger partial charge on any atom is -0.312 e. The van der Waals surface area contributed by atoms with Crippen LogP contribution in [0.3, 0.4) is 0 Å². The minimum absolute atomic E-state index is 0.0438. The molecule has 2 amide bonds. The number of amides is 2. The fourth-order valence-corrected chi connectivity index (χ4v) is 3.85. The molecular weight excluding hydrogens is 324 g/mol. The number of benzene rings is 2. The zero-order valence-electron chi connectivity index (χ0n) is 16.0. The van der Waals surface area contributed by atoms with Gasteiger partial charge in [-0.25, -0.2) is 0 Å². The number of para-hydroxylation sites is 1. The van der Waals surface area contributed by atoms with Crippen molar-refractivity contribution in [3.05, 3.63) is 59.2 Å². The summed E-state index contributed by atoms with van der Waals surface area (Å²) in [6.45, 7) is 8.05. The lowest BCUT2D eigenvalue weighted by Gasteiger charge is -2.26. The van der Waals surface area contributed by atoms with Gasteiger partial charge in [-0.1, -0.05) is 24.3 Å². The maximum absolute atomic E-state index is 12.9. The van der Waals surface area contributed by atoms with Crippen molar-refractivity contribution >= 4 is 23.2 Å². The Kier molecular flexibility index (Phi) is 5.12. The van der Waals surface area contributed by atoms with E-state index in [1.54, 1.807) is 11.8 Å². The predicted octanol–water partition coefficient (Wildman–Crippen LogP) is 4.02. The number of hydrogen-bond acceptors (Lipinski definition) is 2. The average Bonchev–Trinajstić information content (AvgIpc) is 2.89. The van der Waals surface area contributed by atoms with E-state index in [0.29, 0.717) is 13.0 Å². The first-order chi connectivity index (χ1) is 12.4. The van der Waals surface area contributed by atoms with Crippen LogP contribution in [-0.2, 0) is 16.0 Å². The van der Waals surface area contributed by atoms with Crippen molar-refractivity contribution in [1.29, 1.82) is 0 Å². The predicted molar refractivity (Wildman–Crippen MR) is 106 cm³/mol. The van der Waals surface area contributed by atoms with E-state index in [9.17, 15) is 9.59 Å². The Morgan fingerprint density at radius 3 is 2.42 bits per heavy atom. The van der Waals surface area contributed by atoms with E-state index in [1.807, 2.05) is 49.1 Å². The molecule has 1 unspecified atom stereocenters. The van der Waals surface area contributed by atoms with Gasteiger partial charge in [0.1, 0.15) is 0 Å². The van der Waals surface area contributed by atoms with Gasteiger partial charge in [-0.2, -0.15) is 0 Å². The maximum atomic E-state index is 12.9. The fourth-order valence-electron chi connectivity index (χ4n) is 3.85. The lowest BCUT2D eigenvalue weighted by Crippen LogP contribution is -2.39. The highest BCUT2D eigenvalue weighted by Gasteiger charge is 2.30. The number of fused-ring (bicyclic) bond motifs is 1. The molecule has 0 N–H and O–H groups in total. The van der Waals surface area contributed by atoms with E-state index in [0.717, 1.165) is 28.9 Å². The number of hydrogen-bond donors (Lipinski definition) is 0. The summed E-state index contributed by atoms with van der Waals surface area (Å²) in [7, 11) is 0. The summed E-state index contributed by atoms with van der Waals surface area (Å²) in [5.74, 6) is 0.0238. The molecule has 3 rings (SSSR count). The minimum atomic E-state index is -0.0438. The van der Waals surface area contributed by atoms with Crippen molar-refractivity contribution in [2.75, 3.05) is 16.3 Å². The first kappa shape index (κ1) is 18.2. The average molecular weight is 350 g/mol. The van der Waals surface area contributed by atoms with E-state index in [-0.39, 0.29) is 17.9 Å². The Bertz CT molecular complexity index is 824. The normalized spacial score (nSPS) is 15.7. The molecule has 1 aliphatic heterocycles. The maximum Gasteiger partial charge on any atom is 0.229 e. The van der Waals surface area contributed by atoms with Gasteiger partial charge >= 0.3 is 0 Å². The van der Waals surface area contributed by atoms with E-state index in [4.69, 9.17) is 0 Å². The number of nitrogens with zero attached hydrogens (tertiary/aromatic N) is 2. The molecule has 26 heavy (non-hydrogen) atoms. The SMILES string of the molecule is CC(=O)N(CCC(=O)N1c2ccccc2CC1C)c1cc(C)cc(C)c1. The molecule has 4 nitrogen and oxygen atoms in total. The molecule has 4 heteroatoms. The highest BCUT2D eigenvalue weighted by Crippen LogP contribution is 2.32. The summed E-state index contributed by atoms with van der Waals surface area (Å²) >= 11 is 0. The van der Waals surface area contributed by atoms with E-state index in [1.165, 1.54) is 5.56 Å². The summed E-state index contributed by atoms with van der Waals surface area (Å²) in [6, 6.07) is 14.3. The second-order valence-electron chi connectivity index (χ2n) is 7.21. The summed E-state index contributed by atoms with van der Waals surface area (Å²) < 4.78 is 0. The van der Waals surface area contributed by atoms with Crippen LogP contribution in [0.15, 0.2) is 42.5 Å². The monoisotopic (exact) mass is 350 g/mol. The van der Waals surface area contributed by atoms with Crippen molar-refractivity contribution in [1.82, 2.24) is 0 Å². The molecule has 0 aliphatic carbocycles. The van der Waals surface area contributed by atoms with Crippen LogP contribution in [0.5, 0.6) is 0 Å². The van der Waals surface area contributed by atoms with Crippen LogP contribution in [0.4, 0.5) is 11.4 Å². The smallest absolute Gasteiger partial charge is 0.229 e. The number of aryl methyl sites for hydroxylation is 2. The van der Waals surface area contributed by atoms with Gasteiger partial charge in [0.25, 0.3) is 0 Å². The van der Waals surface area contributed by atoms with Crippen LogP contribution < -0.4 is 9.80 Å². The van der Waals surface area contributed by atoms with Crippen LogP contribution in [0.25, 0.3) is 0 Å². The van der Waals surface area contributed by atoms with Gasteiger partial charge in [-0.05, 0) is 62.1 Å². The van der Waals surface area contributed by atoms with Gasteiger partial charge in [0.15, 0.2) is 0 Å². The molecule has 0 fully saturated rings. The number of rotatable bonds is 4. The van der Waals surface area contributed by atoms with E-state index >= 15 is 0 Å². The lowest BCUT2D eigenvalue weighted by molar-refractivity contribution is -0.119. The highest BCUT2D eigenvalue weighted by molar-refractivity contribution is 5.98. The van der Waals surface area contributed by atoms with Crippen LogP contribution in [0.1, 0.15) is 37.0 Å². The van der Waals surface area contributed by atoms with Crippen molar-refractivity contribution in [2.45, 2.75) is 46.6 Å². The second-order valence-corrected chi connectivity index (χ2v) is 7.21. The van der Waals surface area contributed by atoms with Gasteiger partial charge in [-0.3, -0.25) is 9.59 Å². The molecule has 136 valence electrons. The van der Waals surface area contributed by atoms with Crippen molar-refractivity contribution in [3.63, 3.8) is 0 Å².